The highest BCUT2D eigenvalue weighted by Gasteiger charge is 2.37. The van der Waals surface area contributed by atoms with E-state index in [9.17, 15) is 0 Å². The molecule has 6 aromatic rings. The Morgan fingerprint density at radius 3 is 2.08 bits per heavy atom. The van der Waals surface area contributed by atoms with E-state index in [1.807, 2.05) is 6.07 Å². The normalized spacial score (nSPS) is 13.3. The molecule has 1 aromatic heterocycles. The third kappa shape index (κ3) is 3.48. The van der Waals surface area contributed by atoms with E-state index < -0.39 is 0 Å². The van der Waals surface area contributed by atoms with E-state index in [1.54, 1.807) is 0 Å². The second-order valence-electron chi connectivity index (χ2n) is 10.8. The summed E-state index contributed by atoms with van der Waals surface area (Å²) in [6, 6.07) is 40.9. The summed E-state index contributed by atoms with van der Waals surface area (Å²) >= 11 is 0. The summed E-state index contributed by atoms with van der Waals surface area (Å²) in [6.07, 6.45) is 0. The predicted molar refractivity (Wildman–Crippen MR) is 158 cm³/mol. The van der Waals surface area contributed by atoms with Crippen LogP contribution in [0.1, 0.15) is 30.5 Å². The Bertz CT molecular complexity index is 1830. The standard InChI is InChI=1S/C36H28N2/c1-23-16-21-27-31(22-23)36(2,3)30-14-9-13-29(33(27)30)35-37-32-15-8-7-12-28(32)34(38-35)26-19-17-25(18-20-26)24-10-5-4-6-11-24/h4-22H,1-3H3. The Hall–Kier alpha value is -4.56. The van der Waals surface area contributed by atoms with E-state index in [2.05, 4.69) is 130 Å². The zero-order chi connectivity index (χ0) is 25.9. The number of aromatic nitrogens is 2. The van der Waals surface area contributed by atoms with Gasteiger partial charge in [-0.3, -0.25) is 0 Å². The van der Waals surface area contributed by atoms with Crippen molar-refractivity contribution in [3.05, 3.63) is 132 Å². The molecule has 5 aromatic carbocycles. The zero-order valence-corrected chi connectivity index (χ0v) is 21.9. The Balaban J connectivity index is 1.43. The highest BCUT2D eigenvalue weighted by Crippen LogP contribution is 2.52. The molecule has 1 heterocycles. The maximum atomic E-state index is 5.25. The number of hydrogen-bond donors (Lipinski definition) is 0. The molecular formula is C36H28N2. The van der Waals surface area contributed by atoms with Crippen molar-refractivity contribution < 1.29 is 0 Å². The van der Waals surface area contributed by atoms with Crippen LogP contribution < -0.4 is 0 Å². The maximum absolute atomic E-state index is 5.25. The van der Waals surface area contributed by atoms with Crippen LogP contribution in [0.4, 0.5) is 0 Å². The van der Waals surface area contributed by atoms with Gasteiger partial charge in [0.05, 0.1) is 11.2 Å². The third-order valence-electron chi connectivity index (χ3n) is 7.97. The molecule has 1 aliphatic rings. The van der Waals surface area contributed by atoms with Crippen LogP contribution in [0.2, 0.25) is 0 Å². The van der Waals surface area contributed by atoms with Gasteiger partial charge in [-0.15, -0.1) is 0 Å². The van der Waals surface area contributed by atoms with Crippen molar-refractivity contribution in [2.75, 3.05) is 0 Å². The van der Waals surface area contributed by atoms with Crippen molar-refractivity contribution in [1.82, 2.24) is 9.97 Å². The van der Waals surface area contributed by atoms with Gasteiger partial charge in [0, 0.05) is 21.9 Å². The molecule has 0 bridgehead atoms. The Morgan fingerprint density at radius 1 is 0.553 bits per heavy atom. The van der Waals surface area contributed by atoms with Crippen molar-refractivity contribution >= 4 is 10.9 Å². The summed E-state index contributed by atoms with van der Waals surface area (Å²) in [5, 5.41) is 1.06. The van der Waals surface area contributed by atoms with Crippen molar-refractivity contribution in [3.63, 3.8) is 0 Å². The highest BCUT2D eigenvalue weighted by atomic mass is 14.9. The van der Waals surface area contributed by atoms with Gasteiger partial charge >= 0.3 is 0 Å². The first-order chi connectivity index (χ1) is 18.5. The van der Waals surface area contributed by atoms with Crippen LogP contribution in [0.25, 0.3) is 55.8 Å². The smallest absolute Gasteiger partial charge is 0.161 e. The van der Waals surface area contributed by atoms with Gasteiger partial charge in [0.25, 0.3) is 0 Å². The van der Waals surface area contributed by atoms with E-state index in [4.69, 9.17) is 9.97 Å². The molecule has 0 amide bonds. The summed E-state index contributed by atoms with van der Waals surface area (Å²) < 4.78 is 0. The van der Waals surface area contributed by atoms with E-state index in [-0.39, 0.29) is 5.41 Å². The molecule has 0 aliphatic heterocycles. The first-order valence-corrected chi connectivity index (χ1v) is 13.2. The monoisotopic (exact) mass is 488 g/mol. The van der Waals surface area contributed by atoms with Crippen LogP contribution in [-0.4, -0.2) is 9.97 Å². The van der Waals surface area contributed by atoms with Crippen molar-refractivity contribution in [1.29, 1.82) is 0 Å². The van der Waals surface area contributed by atoms with E-state index in [0.717, 1.165) is 33.5 Å². The van der Waals surface area contributed by atoms with Crippen LogP contribution in [0.15, 0.2) is 115 Å². The average Bonchev–Trinajstić information content (AvgIpc) is 3.19. The molecule has 0 spiro atoms. The molecule has 2 heteroatoms. The predicted octanol–water partition coefficient (Wildman–Crippen LogP) is 9.25. The van der Waals surface area contributed by atoms with Crippen LogP contribution in [0.3, 0.4) is 0 Å². The van der Waals surface area contributed by atoms with Crippen molar-refractivity contribution in [2.24, 2.45) is 0 Å². The zero-order valence-electron chi connectivity index (χ0n) is 21.9. The lowest BCUT2D eigenvalue weighted by Crippen LogP contribution is -2.15. The fourth-order valence-electron chi connectivity index (χ4n) is 5.96. The second-order valence-corrected chi connectivity index (χ2v) is 10.8. The largest absolute Gasteiger partial charge is 0.228 e. The molecule has 38 heavy (non-hydrogen) atoms. The van der Waals surface area contributed by atoms with Gasteiger partial charge in [0.15, 0.2) is 5.82 Å². The first-order valence-electron chi connectivity index (χ1n) is 13.2. The summed E-state index contributed by atoms with van der Waals surface area (Å²) in [6.45, 7) is 6.81. The van der Waals surface area contributed by atoms with Crippen molar-refractivity contribution in [3.8, 4) is 44.9 Å². The molecule has 0 unspecified atom stereocenters. The number of para-hydroxylation sites is 1. The summed E-state index contributed by atoms with van der Waals surface area (Å²) in [7, 11) is 0. The minimum Gasteiger partial charge on any atom is -0.228 e. The Labute approximate surface area is 223 Å². The number of rotatable bonds is 3. The van der Waals surface area contributed by atoms with Gasteiger partial charge in [0.2, 0.25) is 0 Å². The molecule has 1 aliphatic carbocycles. The van der Waals surface area contributed by atoms with Gasteiger partial charge in [-0.25, -0.2) is 9.97 Å². The Morgan fingerprint density at radius 2 is 1.26 bits per heavy atom. The van der Waals surface area contributed by atoms with E-state index in [1.165, 1.54) is 38.9 Å². The molecule has 7 rings (SSSR count). The molecule has 0 atom stereocenters. The minimum absolute atomic E-state index is 0.0698. The van der Waals surface area contributed by atoms with E-state index in [0.29, 0.717) is 0 Å². The minimum atomic E-state index is -0.0698. The lowest BCUT2D eigenvalue weighted by Gasteiger charge is -2.22. The average molecular weight is 489 g/mol. The molecule has 0 saturated carbocycles. The van der Waals surface area contributed by atoms with E-state index >= 15 is 0 Å². The maximum Gasteiger partial charge on any atom is 0.161 e. The SMILES string of the molecule is Cc1ccc2c(c1)C(C)(C)c1cccc(-c3nc(-c4ccc(-c5ccccc5)cc4)c4ccccc4n3)c1-2. The molecule has 0 radical (unpaired) electrons. The van der Waals surface area contributed by atoms with Crippen LogP contribution in [-0.2, 0) is 5.41 Å². The molecular weight excluding hydrogens is 460 g/mol. The molecule has 0 saturated heterocycles. The fraction of sp³-hybridized carbons (Fsp3) is 0.111. The fourth-order valence-corrected chi connectivity index (χ4v) is 5.96. The molecule has 0 fully saturated rings. The summed E-state index contributed by atoms with van der Waals surface area (Å²) in [4.78, 5) is 10.3. The number of benzene rings is 5. The van der Waals surface area contributed by atoms with Crippen molar-refractivity contribution in [2.45, 2.75) is 26.2 Å². The van der Waals surface area contributed by atoms with Gasteiger partial charge < -0.3 is 0 Å². The van der Waals surface area contributed by atoms with Crippen LogP contribution in [0, 0.1) is 6.92 Å². The van der Waals surface area contributed by atoms with Gasteiger partial charge in [-0.1, -0.05) is 129 Å². The van der Waals surface area contributed by atoms with Gasteiger partial charge in [-0.2, -0.15) is 0 Å². The number of hydrogen-bond acceptors (Lipinski definition) is 2. The molecule has 0 N–H and O–H groups in total. The van der Waals surface area contributed by atoms with Crippen LogP contribution >= 0.6 is 0 Å². The third-order valence-corrected chi connectivity index (χ3v) is 7.97. The summed E-state index contributed by atoms with van der Waals surface area (Å²) in [5.74, 6) is 0.770. The van der Waals surface area contributed by atoms with Gasteiger partial charge in [0.1, 0.15) is 0 Å². The lowest BCUT2D eigenvalue weighted by molar-refractivity contribution is 0.660. The number of nitrogens with zero attached hydrogens (tertiary/aromatic N) is 2. The first kappa shape index (κ1) is 22.6. The quantitative estimate of drug-likeness (QED) is 0.248. The topological polar surface area (TPSA) is 25.8 Å². The highest BCUT2D eigenvalue weighted by molar-refractivity contribution is 5.96. The Kier molecular flexibility index (Phi) is 5.06. The number of fused-ring (bicyclic) bond motifs is 4. The molecule has 2 nitrogen and oxygen atoms in total. The number of aryl methyl sites for hydroxylation is 1. The van der Waals surface area contributed by atoms with Gasteiger partial charge in [-0.05, 0) is 46.4 Å². The molecule has 182 valence electrons. The van der Waals surface area contributed by atoms with Crippen LogP contribution in [0.5, 0.6) is 0 Å². The second kappa shape index (κ2) is 8.49. The summed E-state index contributed by atoms with van der Waals surface area (Å²) in [5.41, 5.74) is 13.0. The lowest BCUT2D eigenvalue weighted by atomic mass is 9.82.